The summed E-state index contributed by atoms with van der Waals surface area (Å²) in [6, 6.07) is 20.0. The number of benzene rings is 2. The van der Waals surface area contributed by atoms with Crippen molar-refractivity contribution in [2.45, 2.75) is 32.2 Å². The average molecular weight is 477 g/mol. The van der Waals surface area contributed by atoms with Crippen LogP contribution in [-0.2, 0) is 27.2 Å². The van der Waals surface area contributed by atoms with Crippen molar-refractivity contribution in [3.8, 4) is 0 Å². The number of nitrogens with zero attached hydrogens (tertiary/aromatic N) is 2. The van der Waals surface area contributed by atoms with Gasteiger partial charge < -0.3 is 14.5 Å². The molecule has 6 heteroatoms. The molecular weight excluding hydrogens is 444 g/mol. The molecule has 0 radical (unpaired) electrons. The number of carbonyl (C=O) groups excluding carboxylic acids is 2. The van der Waals surface area contributed by atoms with Crippen LogP contribution in [0.3, 0.4) is 0 Å². The monoisotopic (exact) mass is 476 g/mol. The molecule has 0 fully saturated rings. The van der Waals surface area contributed by atoms with E-state index in [4.69, 9.17) is 4.74 Å². The highest BCUT2D eigenvalue weighted by Gasteiger charge is 2.34. The van der Waals surface area contributed by atoms with Crippen LogP contribution in [0.4, 0.5) is 0 Å². The second kappa shape index (κ2) is 11.4. The molecular formula is C28H32N2O3S. The highest BCUT2D eigenvalue weighted by atomic mass is 32.1. The molecule has 178 valence electrons. The third kappa shape index (κ3) is 5.57. The van der Waals surface area contributed by atoms with Gasteiger partial charge in [-0.3, -0.25) is 9.59 Å². The van der Waals surface area contributed by atoms with Crippen molar-refractivity contribution in [3.63, 3.8) is 0 Å². The molecule has 5 nitrogen and oxygen atoms in total. The van der Waals surface area contributed by atoms with Crippen molar-refractivity contribution in [2.24, 2.45) is 0 Å². The SMILES string of the molecule is COCCCN(CC(=O)N1CCc2sccc2C1c1ccccc1C)C(=O)Cc1ccccc1. The van der Waals surface area contributed by atoms with E-state index < -0.39 is 0 Å². The number of hydrogen-bond donors (Lipinski definition) is 0. The molecule has 1 unspecified atom stereocenters. The van der Waals surface area contributed by atoms with Gasteiger partial charge in [0.2, 0.25) is 11.8 Å². The highest BCUT2D eigenvalue weighted by molar-refractivity contribution is 7.10. The molecule has 0 saturated heterocycles. The van der Waals surface area contributed by atoms with Crippen molar-refractivity contribution >= 4 is 23.2 Å². The third-order valence-electron chi connectivity index (χ3n) is 6.42. The summed E-state index contributed by atoms with van der Waals surface area (Å²) >= 11 is 1.76. The van der Waals surface area contributed by atoms with E-state index >= 15 is 0 Å². The molecule has 0 aliphatic carbocycles. The minimum Gasteiger partial charge on any atom is -0.385 e. The molecule has 2 heterocycles. The minimum absolute atomic E-state index is 0.0102. The number of hydrogen-bond acceptors (Lipinski definition) is 4. The van der Waals surface area contributed by atoms with Crippen LogP contribution in [-0.4, -0.2) is 55.0 Å². The summed E-state index contributed by atoms with van der Waals surface area (Å²) in [5, 5.41) is 2.12. The normalized spacial score (nSPS) is 15.1. The maximum absolute atomic E-state index is 13.7. The number of rotatable bonds is 9. The van der Waals surface area contributed by atoms with Gasteiger partial charge in [-0.25, -0.2) is 0 Å². The summed E-state index contributed by atoms with van der Waals surface area (Å²) in [4.78, 5) is 31.9. The molecule has 2 aromatic carbocycles. The van der Waals surface area contributed by atoms with E-state index in [1.807, 2.05) is 47.4 Å². The first-order valence-electron chi connectivity index (χ1n) is 11.8. The third-order valence-corrected chi connectivity index (χ3v) is 7.42. The summed E-state index contributed by atoms with van der Waals surface area (Å²) in [5.74, 6) is -0.0414. The lowest BCUT2D eigenvalue weighted by molar-refractivity contribution is -0.141. The van der Waals surface area contributed by atoms with Gasteiger partial charge in [-0.2, -0.15) is 0 Å². The molecule has 1 aromatic heterocycles. The molecule has 1 aliphatic heterocycles. The Kier molecular flexibility index (Phi) is 8.14. The van der Waals surface area contributed by atoms with Crippen molar-refractivity contribution in [3.05, 3.63) is 93.2 Å². The zero-order valence-corrected chi connectivity index (χ0v) is 20.7. The van der Waals surface area contributed by atoms with E-state index in [0.29, 0.717) is 26.1 Å². The number of thiophene rings is 1. The Labute approximate surface area is 206 Å². The Balaban J connectivity index is 1.56. The van der Waals surface area contributed by atoms with Gasteiger partial charge >= 0.3 is 0 Å². The maximum Gasteiger partial charge on any atom is 0.242 e. The molecule has 3 aromatic rings. The Hall–Kier alpha value is -2.96. The second-order valence-corrected chi connectivity index (χ2v) is 9.72. The fraction of sp³-hybridized carbons (Fsp3) is 0.357. The fourth-order valence-corrected chi connectivity index (χ4v) is 5.55. The van der Waals surface area contributed by atoms with Gasteiger partial charge in [0, 0.05) is 31.7 Å². The molecule has 0 spiro atoms. The van der Waals surface area contributed by atoms with Gasteiger partial charge in [-0.1, -0.05) is 54.6 Å². The number of fused-ring (bicyclic) bond motifs is 1. The standard InChI is InChI=1S/C28H32N2O3S/c1-21-9-6-7-12-23(21)28-24-14-18-34-25(24)13-16-30(28)27(32)20-29(15-8-17-33-2)26(31)19-22-10-4-3-5-11-22/h3-7,9-12,14,18,28H,8,13,15-17,19-20H2,1-2H3. The quantitative estimate of drug-likeness (QED) is 0.423. The van der Waals surface area contributed by atoms with Crippen LogP contribution in [0.5, 0.6) is 0 Å². The Morgan fingerprint density at radius 2 is 1.82 bits per heavy atom. The molecule has 1 aliphatic rings. The molecule has 2 amide bonds. The van der Waals surface area contributed by atoms with E-state index in [1.54, 1.807) is 23.3 Å². The largest absolute Gasteiger partial charge is 0.385 e. The predicted octanol–water partition coefficient (Wildman–Crippen LogP) is 4.64. The van der Waals surface area contributed by atoms with E-state index in [1.165, 1.54) is 16.0 Å². The lowest BCUT2D eigenvalue weighted by Crippen LogP contribution is -2.47. The van der Waals surface area contributed by atoms with Crippen molar-refractivity contribution < 1.29 is 14.3 Å². The van der Waals surface area contributed by atoms with E-state index in [2.05, 4.69) is 30.5 Å². The fourth-order valence-electron chi connectivity index (χ4n) is 4.64. The van der Waals surface area contributed by atoms with E-state index in [-0.39, 0.29) is 30.8 Å². The zero-order chi connectivity index (χ0) is 23.9. The smallest absolute Gasteiger partial charge is 0.242 e. The maximum atomic E-state index is 13.7. The number of methoxy groups -OCH3 is 1. The number of amides is 2. The summed E-state index contributed by atoms with van der Waals surface area (Å²) in [6.07, 6.45) is 1.83. The van der Waals surface area contributed by atoms with Gasteiger partial charge in [0.25, 0.3) is 0 Å². The van der Waals surface area contributed by atoms with Crippen LogP contribution >= 0.6 is 11.3 Å². The highest BCUT2D eigenvalue weighted by Crippen LogP contribution is 2.39. The first kappa shape index (κ1) is 24.2. The first-order chi connectivity index (χ1) is 16.6. The molecule has 34 heavy (non-hydrogen) atoms. The van der Waals surface area contributed by atoms with Crippen LogP contribution in [0.2, 0.25) is 0 Å². The van der Waals surface area contributed by atoms with Crippen LogP contribution in [0.25, 0.3) is 0 Å². The van der Waals surface area contributed by atoms with Gasteiger partial charge in [-0.15, -0.1) is 11.3 Å². The minimum atomic E-state index is -0.117. The molecule has 1 atom stereocenters. The first-order valence-corrected chi connectivity index (χ1v) is 12.7. The molecule has 0 N–H and O–H groups in total. The van der Waals surface area contributed by atoms with Crippen LogP contribution in [0, 0.1) is 6.92 Å². The summed E-state index contributed by atoms with van der Waals surface area (Å²) < 4.78 is 5.20. The van der Waals surface area contributed by atoms with E-state index in [9.17, 15) is 9.59 Å². The number of ether oxygens (including phenoxy) is 1. The van der Waals surface area contributed by atoms with Gasteiger partial charge in [0.05, 0.1) is 19.0 Å². The Morgan fingerprint density at radius 3 is 2.59 bits per heavy atom. The molecule has 0 saturated carbocycles. The lowest BCUT2D eigenvalue weighted by Gasteiger charge is -2.38. The predicted molar refractivity (Wildman–Crippen MR) is 136 cm³/mol. The van der Waals surface area contributed by atoms with Gasteiger partial charge in [0.15, 0.2) is 0 Å². The van der Waals surface area contributed by atoms with Crippen LogP contribution < -0.4 is 0 Å². The van der Waals surface area contributed by atoms with Crippen LogP contribution in [0.15, 0.2) is 66.0 Å². The van der Waals surface area contributed by atoms with E-state index in [0.717, 1.165) is 17.5 Å². The van der Waals surface area contributed by atoms with Crippen LogP contribution in [0.1, 0.15) is 39.6 Å². The van der Waals surface area contributed by atoms with Crippen molar-refractivity contribution in [1.82, 2.24) is 9.80 Å². The van der Waals surface area contributed by atoms with Gasteiger partial charge in [-0.05, 0) is 53.5 Å². The summed E-state index contributed by atoms with van der Waals surface area (Å²) in [7, 11) is 1.65. The number of carbonyl (C=O) groups is 2. The van der Waals surface area contributed by atoms with Gasteiger partial charge in [0.1, 0.15) is 0 Å². The second-order valence-electron chi connectivity index (χ2n) is 8.72. The Bertz CT molecular complexity index is 1110. The molecule has 0 bridgehead atoms. The lowest BCUT2D eigenvalue weighted by atomic mass is 9.90. The zero-order valence-electron chi connectivity index (χ0n) is 19.9. The average Bonchev–Trinajstić information content (AvgIpc) is 3.33. The number of aryl methyl sites for hydroxylation is 1. The summed E-state index contributed by atoms with van der Waals surface area (Å²) in [5.41, 5.74) is 4.48. The van der Waals surface area contributed by atoms with Crippen molar-refractivity contribution in [2.75, 3.05) is 33.4 Å². The Morgan fingerprint density at radius 1 is 1.06 bits per heavy atom. The summed E-state index contributed by atoms with van der Waals surface area (Å²) in [6.45, 7) is 3.88. The van der Waals surface area contributed by atoms with Crippen molar-refractivity contribution in [1.29, 1.82) is 0 Å². The molecule has 4 rings (SSSR count). The topological polar surface area (TPSA) is 49.9 Å².